The summed E-state index contributed by atoms with van der Waals surface area (Å²) in [4.78, 5) is 45.2. The Morgan fingerprint density at radius 2 is 1.82 bits per heavy atom. The predicted molar refractivity (Wildman–Crippen MR) is 146 cm³/mol. The number of aromatic amines is 1. The summed E-state index contributed by atoms with van der Waals surface area (Å²) in [7, 11) is -2.25. The fourth-order valence-corrected chi connectivity index (χ4v) is 5.00. The van der Waals surface area contributed by atoms with Gasteiger partial charge in [0.2, 0.25) is 15.9 Å². The SMILES string of the molecule is COCCOc1ccc2c(C3C(=O)Nc4ccc(C(=O)NCc5ccc(S(N)(=O)=O)cc5)cc43)[nH]c(=O)nc2c1. The van der Waals surface area contributed by atoms with Crippen molar-refractivity contribution in [1.82, 2.24) is 15.3 Å². The van der Waals surface area contributed by atoms with E-state index in [1.807, 2.05) is 0 Å². The first-order chi connectivity index (χ1) is 19.1. The summed E-state index contributed by atoms with van der Waals surface area (Å²) in [5.74, 6) is -1.14. The van der Waals surface area contributed by atoms with Crippen molar-refractivity contribution in [1.29, 1.82) is 0 Å². The van der Waals surface area contributed by atoms with Gasteiger partial charge < -0.3 is 25.1 Å². The summed E-state index contributed by atoms with van der Waals surface area (Å²) < 4.78 is 33.5. The Hall–Kier alpha value is -4.59. The number of nitrogens with two attached hydrogens (primary N) is 1. The maximum absolute atomic E-state index is 13.1. The highest BCUT2D eigenvalue weighted by atomic mass is 32.2. The van der Waals surface area contributed by atoms with Crippen LogP contribution in [-0.4, -0.2) is 50.5 Å². The lowest BCUT2D eigenvalue weighted by molar-refractivity contribution is -0.116. The third-order valence-electron chi connectivity index (χ3n) is 6.42. The van der Waals surface area contributed by atoms with E-state index in [4.69, 9.17) is 14.6 Å². The topological polar surface area (TPSA) is 183 Å². The van der Waals surface area contributed by atoms with E-state index in [-0.39, 0.29) is 17.3 Å². The summed E-state index contributed by atoms with van der Waals surface area (Å²) >= 11 is 0. The first-order valence-corrected chi connectivity index (χ1v) is 13.7. The number of primary sulfonamides is 1. The van der Waals surface area contributed by atoms with Crippen LogP contribution in [0.4, 0.5) is 5.69 Å². The standard InChI is InChI=1S/C27H25N5O7S/c1-38-10-11-39-17-5-8-19-22(13-17)31-27(35)32-24(19)23-20-12-16(4-9-21(20)30-26(23)34)25(33)29-14-15-2-6-18(7-3-15)40(28,36)37/h2-9,12-13,23H,10-11,14H2,1H3,(H,29,33)(H,30,34)(H2,28,36,37)(H,31,32,35). The van der Waals surface area contributed by atoms with E-state index < -0.39 is 27.5 Å². The van der Waals surface area contributed by atoms with Crippen LogP contribution in [0, 0.1) is 0 Å². The fraction of sp³-hybridized carbons (Fsp3) is 0.185. The van der Waals surface area contributed by atoms with Crippen LogP contribution in [0.2, 0.25) is 0 Å². The number of benzene rings is 3. The summed E-state index contributed by atoms with van der Waals surface area (Å²) in [5, 5.41) is 11.3. The lowest BCUT2D eigenvalue weighted by Crippen LogP contribution is -2.23. The van der Waals surface area contributed by atoms with Crippen molar-refractivity contribution < 1.29 is 27.5 Å². The quantitative estimate of drug-likeness (QED) is 0.221. The number of ether oxygens (including phenoxy) is 2. The normalized spacial score (nSPS) is 14.6. The van der Waals surface area contributed by atoms with E-state index in [1.165, 1.54) is 12.1 Å². The molecule has 40 heavy (non-hydrogen) atoms. The summed E-state index contributed by atoms with van der Waals surface area (Å²) in [5.41, 5.74) is 2.10. The second kappa shape index (κ2) is 10.9. The maximum atomic E-state index is 13.1. The summed E-state index contributed by atoms with van der Waals surface area (Å²) in [6, 6.07) is 15.7. The number of nitrogens with zero attached hydrogens (tertiary/aromatic N) is 1. The molecular weight excluding hydrogens is 538 g/mol. The summed E-state index contributed by atoms with van der Waals surface area (Å²) in [6.07, 6.45) is 0. The zero-order valence-electron chi connectivity index (χ0n) is 21.3. The Morgan fingerprint density at radius 1 is 1.05 bits per heavy atom. The minimum absolute atomic E-state index is 0.0269. The molecule has 1 aromatic heterocycles. The molecule has 2 heterocycles. The molecule has 12 nitrogen and oxygen atoms in total. The number of H-pyrrole nitrogens is 1. The molecular formula is C27H25N5O7S. The van der Waals surface area contributed by atoms with Gasteiger partial charge in [0.25, 0.3) is 5.91 Å². The maximum Gasteiger partial charge on any atom is 0.345 e. The molecule has 5 rings (SSSR count). The predicted octanol–water partition coefficient (Wildman–Crippen LogP) is 1.61. The van der Waals surface area contributed by atoms with Crippen LogP contribution in [0.1, 0.15) is 33.1 Å². The van der Waals surface area contributed by atoms with Gasteiger partial charge in [-0.2, -0.15) is 4.98 Å². The molecule has 4 aromatic rings. The molecule has 0 fully saturated rings. The van der Waals surface area contributed by atoms with Crippen molar-refractivity contribution in [3.05, 3.63) is 93.5 Å². The average Bonchev–Trinajstić information content (AvgIpc) is 3.25. The van der Waals surface area contributed by atoms with Gasteiger partial charge >= 0.3 is 5.69 Å². The van der Waals surface area contributed by atoms with Gasteiger partial charge in [0, 0.05) is 42.1 Å². The van der Waals surface area contributed by atoms with Crippen LogP contribution in [0.25, 0.3) is 10.9 Å². The number of methoxy groups -OCH3 is 1. The second-order valence-electron chi connectivity index (χ2n) is 9.07. The van der Waals surface area contributed by atoms with Crippen molar-refractivity contribution in [2.24, 2.45) is 5.14 Å². The number of hydrogen-bond acceptors (Lipinski definition) is 8. The number of fused-ring (bicyclic) bond motifs is 2. The van der Waals surface area contributed by atoms with Gasteiger partial charge in [-0.1, -0.05) is 12.1 Å². The molecule has 1 aliphatic heterocycles. The van der Waals surface area contributed by atoms with Gasteiger partial charge in [-0.05, 0) is 53.6 Å². The third kappa shape index (κ3) is 5.57. The van der Waals surface area contributed by atoms with Crippen LogP contribution in [0.5, 0.6) is 5.75 Å². The van der Waals surface area contributed by atoms with Crippen LogP contribution in [0.15, 0.2) is 70.4 Å². The molecule has 0 spiro atoms. The molecule has 0 aliphatic carbocycles. The van der Waals surface area contributed by atoms with Crippen molar-refractivity contribution in [3.63, 3.8) is 0 Å². The van der Waals surface area contributed by atoms with Gasteiger partial charge in [0.15, 0.2) is 0 Å². The van der Waals surface area contributed by atoms with E-state index in [2.05, 4.69) is 20.6 Å². The highest BCUT2D eigenvalue weighted by Crippen LogP contribution is 2.39. The molecule has 2 amide bonds. The van der Waals surface area contributed by atoms with Gasteiger partial charge in [-0.3, -0.25) is 9.59 Å². The van der Waals surface area contributed by atoms with Crippen molar-refractivity contribution in [2.45, 2.75) is 17.4 Å². The van der Waals surface area contributed by atoms with E-state index in [0.717, 1.165) is 0 Å². The lowest BCUT2D eigenvalue weighted by Gasteiger charge is -2.14. The molecule has 1 unspecified atom stereocenters. The van der Waals surface area contributed by atoms with Crippen molar-refractivity contribution >= 4 is 38.4 Å². The molecule has 1 aliphatic rings. The van der Waals surface area contributed by atoms with E-state index in [1.54, 1.807) is 55.6 Å². The van der Waals surface area contributed by atoms with Crippen LogP contribution in [-0.2, 0) is 26.1 Å². The largest absolute Gasteiger partial charge is 0.491 e. The Balaban J connectivity index is 1.41. The van der Waals surface area contributed by atoms with Gasteiger partial charge in [0.05, 0.1) is 17.0 Å². The first kappa shape index (κ1) is 27.0. The van der Waals surface area contributed by atoms with Crippen LogP contribution < -0.4 is 26.2 Å². The molecule has 3 aromatic carbocycles. The van der Waals surface area contributed by atoms with Crippen LogP contribution in [0.3, 0.4) is 0 Å². The highest BCUT2D eigenvalue weighted by Gasteiger charge is 2.35. The Morgan fingerprint density at radius 3 is 2.55 bits per heavy atom. The number of sulfonamides is 1. The second-order valence-corrected chi connectivity index (χ2v) is 10.6. The molecule has 5 N–H and O–H groups in total. The van der Waals surface area contributed by atoms with Gasteiger partial charge in [0.1, 0.15) is 18.3 Å². The number of nitrogens with one attached hydrogen (secondary N) is 3. The number of anilines is 1. The molecule has 0 radical (unpaired) electrons. The zero-order chi connectivity index (χ0) is 28.4. The highest BCUT2D eigenvalue weighted by molar-refractivity contribution is 7.89. The fourth-order valence-electron chi connectivity index (χ4n) is 4.48. The Labute approximate surface area is 228 Å². The Kier molecular flexibility index (Phi) is 7.34. The Bertz CT molecular complexity index is 1790. The monoisotopic (exact) mass is 563 g/mol. The van der Waals surface area contributed by atoms with Crippen molar-refractivity contribution in [3.8, 4) is 5.75 Å². The zero-order valence-corrected chi connectivity index (χ0v) is 22.1. The number of hydrogen-bond donors (Lipinski definition) is 4. The number of carbonyl (C=O) groups excluding carboxylic acids is 2. The molecule has 13 heteroatoms. The smallest absolute Gasteiger partial charge is 0.345 e. The number of rotatable bonds is 9. The first-order valence-electron chi connectivity index (χ1n) is 12.1. The minimum atomic E-state index is -3.81. The number of aromatic nitrogens is 2. The molecule has 0 saturated heterocycles. The number of amides is 2. The van der Waals surface area contributed by atoms with Gasteiger partial charge in [-0.25, -0.2) is 18.4 Å². The van der Waals surface area contributed by atoms with E-state index in [9.17, 15) is 22.8 Å². The third-order valence-corrected chi connectivity index (χ3v) is 7.35. The van der Waals surface area contributed by atoms with Crippen LogP contribution >= 0.6 is 0 Å². The molecule has 1 atom stereocenters. The molecule has 0 bridgehead atoms. The minimum Gasteiger partial charge on any atom is -0.491 e. The summed E-state index contributed by atoms with van der Waals surface area (Å²) in [6.45, 7) is 0.854. The average molecular weight is 564 g/mol. The molecule has 0 saturated carbocycles. The van der Waals surface area contributed by atoms with E-state index >= 15 is 0 Å². The van der Waals surface area contributed by atoms with Crippen molar-refractivity contribution in [2.75, 3.05) is 25.6 Å². The van der Waals surface area contributed by atoms with E-state index in [0.29, 0.717) is 57.9 Å². The molecule has 206 valence electrons. The lowest BCUT2D eigenvalue weighted by atomic mass is 9.92. The van der Waals surface area contributed by atoms with Gasteiger partial charge in [-0.15, -0.1) is 0 Å². The number of carbonyl (C=O) groups is 2.